The number of rotatable bonds is 5. The Labute approximate surface area is 96.9 Å². The van der Waals surface area contributed by atoms with Gasteiger partial charge in [-0.15, -0.1) is 0 Å². The maximum Gasteiger partial charge on any atom is 0.252 e. The molecule has 0 saturated heterocycles. The van der Waals surface area contributed by atoms with Gasteiger partial charge < -0.3 is 15.4 Å². The summed E-state index contributed by atoms with van der Waals surface area (Å²) in [6, 6.07) is -0.508. The third kappa shape index (κ3) is 4.61. The molecule has 0 bridgehead atoms. The van der Waals surface area contributed by atoms with Crippen molar-refractivity contribution in [1.82, 2.24) is 10.6 Å². The zero-order valence-corrected chi connectivity index (χ0v) is 10.9. The second kappa shape index (κ2) is 5.84. The van der Waals surface area contributed by atoms with E-state index in [9.17, 15) is 9.59 Å². The van der Waals surface area contributed by atoms with Crippen LogP contribution in [0.25, 0.3) is 0 Å². The summed E-state index contributed by atoms with van der Waals surface area (Å²) in [5.74, 6) is -0.503. The molecule has 0 aromatic rings. The zero-order valence-electron chi connectivity index (χ0n) is 10.9. The van der Waals surface area contributed by atoms with Crippen LogP contribution in [0.3, 0.4) is 0 Å². The molecular formula is C11H22N2O3. The van der Waals surface area contributed by atoms with Gasteiger partial charge in [0.2, 0.25) is 5.91 Å². The Bertz CT molecular complexity index is 262. The molecule has 0 radical (unpaired) electrons. The van der Waals surface area contributed by atoms with Crippen LogP contribution in [0.1, 0.15) is 34.6 Å². The molecule has 5 nitrogen and oxygen atoms in total. The highest BCUT2D eigenvalue weighted by Gasteiger charge is 2.29. The van der Waals surface area contributed by atoms with Gasteiger partial charge in [-0.1, -0.05) is 0 Å². The lowest BCUT2D eigenvalue weighted by molar-refractivity contribution is -0.142. The maximum atomic E-state index is 11.7. The Balaban J connectivity index is 4.30. The Morgan fingerprint density at radius 2 is 1.62 bits per heavy atom. The minimum atomic E-state index is -0.924. The number of hydrogen-bond acceptors (Lipinski definition) is 3. The summed E-state index contributed by atoms with van der Waals surface area (Å²) in [5, 5.41) is 5.32. The lowest BCUT2D eigenvalue weighted by atomic mass is 10.1. The van der Waals surface area contributed by atoms with Gasteiger partial charge in [0.25, 0.3) is 5.91 Å². The fraction of sp³-hybridized carbons (Fsp3) is 0.818. The van der Waals surface area contributed by atoms with Crippen LogP contribution in [-0.2, 0) is 14.3 Å². The molecule has 0 rings (SSSR count). The molecule has 0 aliphatic rings. The van der Waals surface area contributed by atoms with Crippen LogP contribution in [0.2, 0.25) is 0 Å². The van der Waals surface area contributed by atoms with Crippen molar-refractivity contribution < 1.29 is 14.3 Å². The second-order valence-corrected chi connectivity index (χ2v) is 4.57. The minimum absolute atomic E-state index is 0.0577. The van der Waals surface area contributed by atoms with Gasteiger partial charge in [-0.25, -0.2) is 0 Å². The van der Waals surface area contributed by atoms with Crippen LogP contribution in [0.5, 0.6) is 0 Å². The van der Waals surface area contributed by atoms with E-state index in [1.54, 1.807) is 20.8 Å². The van der Waals surface area contributed by atoms with Gasteiger partial charge in [-0.2, -0.15) is 0 Å². The Morgan fingerprint density at radius 1 is 1.12 bits per heavy atom. The van der Waals surface area contributed by atoms with E-state index in [2.05, 4.69) is 10.6 Å². The van der Waals surface area contributed by atoms with E-state index in [1.165, 1.54) is 7.11 Å². The normalized spacial score (nSPS) is 13.4. The van der Waals surface area contributed by atoms with E-state index >= 15 is 0 Å². The van der Waals surface area contributed by atoms with Crippen molar-refractivity contribution in [1.29, 1.82) is 0 Å². The van der Waals surface area contributed by atoms with Crippen molar-refractivity contribution in [3.63, 3.8) is 0 Å². The topological polar surface area (TPSA) is 67.4 Å². The molecule has 0 aliphatic heterocycles. The molecule has 94 valence electrons. The molecule has 2 N–H and O–H groups in total. The SMILES string of the molecule is COC(C)(C)C(=O)NC(C)C(=O)NC(C)C. The number of amides is 2. The summed E-state index contributed by atoms with van der Waals surface area (Å²) in [4.78, 5) is 23.2. The smallest absolute Gasteiger partial charge is 0.252 e. The number of carbonyl (C=O) groups excluding carboxylic acids is 2. The molecule has 1 atom stereocenters. The highest BCUT2D eigenvalue weighted by Crippen LogP contribution is 2.07. The van der Waals surface area contributed by atoms with Crippen molar-refractivity contribution in [2.24, 2.45) is 0 Å². The summed E-state index contributed by atoms with van der Waals surface area (Å²) in [5.41, 5.74) is -0.924. The van der Waals surface area contributed by atoms with Gasteiger partial charge in [0.1, 0.15) is 11.6 Å². The molecule has 16 heavy (non-hydrogen) atoms. The lowest BCUT2D eigenvalue weighted by Gasteiger charge is -2.24. The molecule has 0 spiro atoms. The van der Waals surface area contributed by atoms with Gasteiger partial charge >= 0.3 is 0 Å². The number of hydrogen-bond donors (Lipinski definition) is 2. The van der Waals surface area contributed by atoms with E-state index < -0.39 is 11.6 Å². The summed E-state index contributed by atoms with van der Waals surface area (Å²) in [7, 11) is 1.46. The fourth-order valence-electron chi connectivity index (χ4n) is 0.938. The van der Waals surface area contributed by atoms with E-state index in [0.29, 0.717) is 0 Å². The monoisotopic (exact) mass is 230 g/mol. The van der Waals surface area contributed by atoms with Gasteiger partial charge in [0.15, 0.2) is 0 Å². The fourth-order valence-corrected chi connectivity index (χ4v) is 0.938. The standard InChI is InChI=1S/C11H22N2O3/c1-7(2)12-9(14)8(3)13-10(15)11(4,5)16-6/h7-8H,1-6H3,(H,12,14)(H,13,15). The number of carbonyl (C=O) groups is 2. The third-order valence-corrected chi connectivity index (χ3v) is 2.23. The summed E-state index contributed by atoms with van der Waals surface area (Å²) in [6.07, 6.45) is 0. The van der Waals surface area contributed by atoms with Crippen molar-refractivity contribution in [3.05, 3.63) is 0 Å². The highest BCUT2D eigenvalue weighted by molar-refractivity contribution is 5.90. The predicted octanol–water partition coefficient (Wildman–Crippen LogP) is 0.441. The van der Waals surface area contributed by atoms with Crippen LogP contribution in [0, 0.1) is 0 Å². The molecule has 0 heterocycles. The van der Waals surface area contributed by atoms with Crippen LogP contribution in [0.4, 0.5) is 0 Å². The Kier molecular flexibility index (Phi) is 5.44. The molecule has 0 aromatic heterocycles. The van der Waals surface area contributed by atoms with Crippen molar-refractivity contribution in [2.75, 3.05) is 7.11 Å². The Hall–Kier alpha value is -1.10. The molecule has 0 saturated carbocycles. The first-order valence-corrected chi connectivity index (χ1v) is 5.37. The quantitative estimate of drug-likeness (QED) is 0.720. The number of methoxy groups -OCH3 is 1. The summed E-state index contributed by atoms with van der Waals surface area (Å²) >= 11 is 0. The number of nitrogens with one attached hydrogen (secondary N) is 2. The molecule has 2 amide bonds. The molecular weight excluding hydrogens is 208 g/mol. The first kappa shape index (κ1) is 14.9. The average Bonchev–Trinajstić information content (AvgIpc) is 2.16. The zero-order chi connectivity index (χ0) is 12.9. The van der Waals surface area contributed by atoms with Gasteiger partial charge in [0, 0.05) is 13.2 Å². The van der Waals surface area contributed by atoms with E-state index in [0.717, 1.165) is 0 Å². The summed E-state index contributed by atoms with van der Waals surface area (Å²) < 4.78 is 5.02. The van der Waals surface area contributed by atoms with E-state index in [-0.39, 0.29) is 17.9 Å². The van der Waals surface area contributed by atoms with Gasteiger partial charge in [-0.05, 0) is 34.6 Å². The molecule has 0 aromatic carbocycles. The van der Waals surface area contributed by atoms with Crippen LogP contribution < -0.4 is 10.6 Å². The first-order valence-electron chi connectivity index (χ1n) is 5.37. The largest absolute Gasteiger partial charge is 0.369 e. The summed E-state index contributed by atoms with van der Waals surface area (Å²) in [6.45, 7) is 8.67. The van der Waals surface area contributed by atoms with Crippen molar-refractivity contribution in [3.8, 4) is 0 Å². The molecule has 0 aliphatic carbocycles. The average molecular weight is 230 g/mol. The predicted molar refractivity (Wildman–Crippen MR) is 62.0 cm³/mol. The van der Waals surface area contributed by atoms with Gasteiger partial charge in [0.05, 0.1) is 0 Å². The van der Waals surface area contributed by atoms with Crippen LogP contribution in [0.15, 0.2) is 0 Å². The number of ether oxygens (including phenoxy) is 1. The van der Waals surface area contributed by atoms with Gasteiger partial charge in [-0.3, -0.25) is 9.59 Å². The lowest BCUT2D eigenvalue weighted by Crippen LogP contribution is -2.52. The molecule has 5 heteroatoms. The van der Waals surface area contributed by atoms with Crippen molar-refractivity contribution in [2.45, 2.75) is 52.3 Å². The minimum Gasteiger partial charge on any atom is -0.369 e. The first-order chi connectivity index (χ1) is 7.20. The van der Waals surface area contributed by atoms with E-state index in [1.807, 2.05) is 13.8 Å². The van der Waals surface area contributed by atoms with Crippen molar-refractivity contribution >= 4 is 11.8 Å². The third-order valence-electron chi connectivity index (χ3n) is 2.23. The molecule has 0 fully saturated rings. The molecule has 1 unspecified atom stereocenters. The van der Waals surface area contributed by atoms with Crippen LogP contribution in [-0.4, -0.2) is 36.6 Å². The maximum absolute atomic E-state index is 11.7. The highest BCUT2D eigenvalue weighted by atomic mass is 16.5. The van der Waals surface area contributed by atoms with Crippen LogP contribution >= 0.6 is 0 Å². The Morgan fingerprint density at radius 3 is 2.00 bits per heavy atom. The van der Waals surface area contributed by atoms with E-state index in [4.69, 9.17) is 4.74 Å². The second-order valence-electron chi connectivity index (χ2n) is 4.57.